The van der Waals surface area contributed by atoms with E-state index < -0.39 is 0 Å². The van der Waals surface area contributed by atoms with Gasteiger partial charge < -0.3 is 5.73 Å². The summed E-state index contributed by atoms with van der Waals surface area (Å²) in [5.41, 5.74) is 7.58. The molecule has 0 fully saturated rings. The Hall–Kier alpha value is -1.06. The number of rotatable bonds is 2. The second-order valence-corrected chi connectivity index (χ2v) is 4.21. The zero-order chi connectivity index (χ0) is 10.8. The number of halogens is 1. The fourth-order valence-corrected chi connectivity index (χ4v) is 2.27. The summed E-state index contributed by atoms with van der Waals surface area (Å²) in [6, 6.07) is 5.90. The van der Waals surface area contributed by atoms with E-state index in [-0.39, 0.29) is 5.91 Å². The molecular weight excluding hydrogens is 212 g/mol. The summed E-state index contributed by atoms with van der Waals surface area (Å²) in [6.45, 7) is 1.93. The molecule has 0 spiro atoms. The Morgan fingerprint density at radius 1 is 1.53 bits per heavy atom. The van der Waals surface area contributed by atoms with Crippen LogP contribution in [-0.2, 0) is 17.8 Å². The number of amides is 1. The van der Waals surface area contributed by atoms with Gasteiger partial charge in [-0.25, -0.2) is 0 Å². The molecule has 0 unspecified atom stereocenters. The molecule has 0 atom stereocenters. The van der Waals surface area contributed by atoms with Crippen LogP contribution in [0.5, 0.6) is 0 Å². The van der Waals surface area contributed by atoms with Crippen molar-refractivity contribution in [3.63, 3.8) is 0 Å². The first-order valence-corrected chi connectivity index (χ1v) is 5.31. The fourth-order valence-electron chi connectivity index (χ4n) is 1.98. The van der Waals surface area contributed by atoms with Gasteiger partial charge in [-0.05, 0) is 23.6 Å². The first-order chi connectivity index (χ1) is 7.16. The number of hydrogen-bond donors (Lipinski definition) is 1. The van der Waals surface area contributed by atoms with Gasteiger partial charge in [0.1, 0.15) is 0 Å². The SMILES string of the molecule is NC(=O)CN1CCc2c(Cl)cccc2C1. The highest BCUT2D eigenvalue weighted by molar-refractivity contribution is 6.31. The van der Waals surface area contributed by atoms with Crippen molar-refractivity contribution in [2.45, 2.75) is 13.0 Å². The molecule has 2 rings (SSSR count). The average molecular weight is 225 g/mol. The maximum Gasteiger partial charge on any atom is 0.231 e. The molecule has 4 heteroatoms. The zero-order valence-electron chi connectivity index (χ0n) is 8.37. The second kappa shape index (κ2) is 4.21. The van der Waals surface area contributed by atoms with Gasteiger partial charge in [-0.3, -0.25) is 9.69 Å². The summed E-state index contributed by atoms with van der Waals surface area (Å²) >= 11 is 6.09. The lowest BCUT2D eigenvalue weighted by Gasteiger charge is -2.28. The Morgan fingerprint density at radius 2 is 2.33 bits per heavy atom. The van der Waals surface area contributed by atoms with Crippen molar-refractivity contribution in [2.75, 3.05) is 13.1 Å². The van der Waals surface area contributed by atoms with E-state index in [1.165, 1.54) is 11.1 Å². The van der Waals surface area contributed by atoms with Crippen molar-refractivity contribution < 1.29 is 4.79 Å². The average Bonchev–Trinajstić information content (AvgIpc) is 2.17. The van der Waals surface area contributed by atoms with Crippen LogP contribution in [0, 0.1) is 0 Å². The van der Waals surface area contributed by atoms with E-state index in [4.69, 9.17) is 17.3 Å². The summed E-state index contributed by atoms with van der Waals surface area (Å²) < 4.78 is 0. The molecule has 0 saturated heterocycles. The topological polar surface area (TPSA) is 46.3 Å². The predicted molar refractivity (Wildman–Crippen MR) is 59.6 cm³/mol. The summed E-state index contributed by atoms with van der Waals surface area (Å²) in [4.78, 5) is 12.8. The minimum Gasteiger partial charge on any atom is -0.369 e. The molecule has 1 aromatic carbocycles. The van der Waals surface area contributed by atoms with Crippen molar-refractivity contribution in [2.24, 2.45) is 5.73 Å². The van der Waals surface area contributed by atoms with Crippen molar-refractivity contribution in [3.05, 3.63) is 34.3 Å². The Kier molecular flexibility index (Phi) is 2.93. The highest BCUT2D eigenvalue weighted by atomic mass is 35.5. The molecule has 80 valence electrons. The third-order valence-electron chi connectivity index (χ3n) is 2.67. The Balaban J connectivity index is 2.17. The van der Waals surface area contributed by atoms with E-state index in [0.717, 1.165) is 24.5 Å². The van der Waals surface area contributed by atoms with Crippen molar-refractivity contribution in [1.29, 1.82) is 0 Å². The van der Waals surface area contributed by atoms with Gasteiger partial charge in [0.05, 0.1) is 6.54 Å². The van der Waals surface area contributed by atoms with E-state index in [1.54, 1.807) is 0 Å². The van der Waals surface area contributed by atoms with Gasteiger partial charge in [-0.2, -0.15) is 0 Å². The van der Waals surface area contributed by atoms with Crippen LogP contribution in [0.3, 0.4) is 0 Å². The molecule has 1 heterocycles. The highest BCUT2D eigenvalue weighted by Gasteiger charge is 2.18. The molecule has 0 saturated carbocycles. The van der Waals surface area contributed by atoms with Crippen LogP contribution in [0.25, 0.3) is 0 Å². The Morgan fingerprint density at radius 3 is 3.07 bits per heavy atom. The van der Waals surface area contributed by atoms with Gasteiger partial charge in [-0.15, -0.1) is 0 Å². The van der Waals surface area contributed by atoms with Gasteiger partial charge >= 0.3 is 0 Å². The van der Waals surface area contributed by atoms with Crippen LogP contribution >= 0.6 is 11.6 Å². The van der Waals surface area contributed by atoms with E-state index in [2.05, 4.69) is 0 Å². The first kappa shape index (κ1) is 10.5. The third-order valence-corrected chi connectivity index (χ3v) is 3.02. The standard InChI is InChI=1S/C11H13ClN2O/c12-10-3-1-2-8-6-14(7-11(13)15)5-4-9(8)10/h1-3H,4-7H2,(H2,13,15). The summed E-state index contributed by atoms with van der Waals surface area (Å²) in [6.07, 6.45) is 0.891. The quantitative estimate of drug-likeness (QED) is 0.820. The number of nitrogens with zero attached hydrogens (tertiary/aromatic N) is 1. The van der Waals surface area contributed by atoms with E-state index in [9.17, 15) is 4.79 Å². The number of nitrogens with two attached hydrogens (primary N) is 1. The van der Waals surface area contributed by atoms with E-state index >= 15 is 0 Å². The van der Waals surface area contributed by atoms with Gasteiger partial charge in [0.15, 0.2) is 0 Å². The molecule has 0 bridgehead atoms. The number of benzene rings is 1. The zero-order valence-corrected chi connectivity index (χ0v) is 9.13. The number of carbonyl (C=O) groups is 1. The van der Waals surface area contributed by atoms with Gasteiger partial charge in [0, 0.05) is 18.1 Å². The van der Waals surface area contributed by atoms with Crippen molar-refractivity contribution in [1.82, 2.24) is 4.90 Å². The summed E-state index contributed by atoms with van der Waals surface area (Å²) in [5.74, 6) is -0.277. The third kappa shape index (κ3) is 2.30. The number of primary amides is 1. The normalized spacial score (nSPS) is 16.1. The molecule has 0 aliphatic carbocycles. The van der Waals surface area contributed by atoms with Crippen LogP contribution in [-0.4, -0.2) is 23.9 Å². The number of hydrogen-bond acceptors (Lipinski definition) is 2. The molecule has 3 nitrogen and oxygen atoms in total. The summed E-state index contributed by atoms with van der Waals surface area (Å²) in [7, 11) is 0. The summed E-state index contributed by atoms with van der Waals surface area (Å²) in [5, 5.41) is 0.825. The van der Waals surface area contributed by atoms with Gasteiger partial charge in [-0.1, -0.05) is 23.7 Å². The molecule has 1 aliphatic rings. The van der Waals surface area contributed by atoms with Crippen LogP contribution in [0.15, 0.2) is 18.2 Å². The van der Waals surface area contributed by atoms with Crippen molar-refractivity contribution >= 4 is 17.5 Å². The number of fused-ring (bicyclic) bond motifs is 1. The maximum atomic E-state index is 10.8. The highest BCUT2D eigenvalue weighted by Crippen LogP contribution is 2.25. The molecule has 1 amide bonds. The van der Waals surface area contributed by atoms with Crippen LogP contribution in [0.4, 0.5) is 0 Å². The molecule has 15 heavy (non-hydrogen) atoms. The molecular formula is C11H13ClN2O. The second-order valence-electron chi connectivity index (χ2n) is 3.80. The minimum atomic E-state index is -0.277. The van der Waals surface area contributed by atoms with Gasteiger partial charge in [0.2, 0.25) is 5.91 Å². The van der Waals surface area contributed by atoms with Crippen molar-refractivity contribution in [3.8, 4) is 0 Å². The van der Waals surface area contributed by atoms with Crippen LogP contribution in [0.2, 0.25) is 5.02 Å². The van der Waals surface area contributed by atoms with Crippen LogP contribution < -0.4 is 5.73 Å². The molecule has 1 aromatic rings. The van der Waals surface area contributed by atoms with E-state index in [0.29, 0.717) is 6.54 Å². The van der Waals surface area contributed by atoms with Crippen LogP contribution in [0.1, 0.15) is 11.1 Å². The monoisotopic (exact) mass is 224 g/mol. The van der Waals surface area contributed by atoms with Gasteiger partial charge in [0.25, 0.3) is 0 Å². The largest absolute Gasteiger partial charge is 0.369 e. The first-order valence-electron chi connectivity index (χ1n) is 4.94. The lowest BCUT2D eigenvalue weighted by atomic mass is 10.00. The smallest absolute Gasteiger partial charge is 0.231 e. The fraction of sp³-hybridized carbons (Fsp3) is 0.364. The minimum absolute atomic E-state index is 0.277. The lowest BCUT2D eigenvalue weighted by Crippen LogP contribution is -2.37. The molecule has 0 radical (unpaired) electrons. The molecule has 1 aliphatic heterocycles. The lowest BCUT2D eigenvalue weighted by molar-refractivity contribution is -0.119. The number of carbonyl (C=O) groups excluding carboxylic acids is 1. The Bertz CT molecular complexity index is 392. The predicted octanol–water partition coefficient (Wildman–Crippen LogP) is 1.18. The molecule has 0 aromatic heterocycles. The van der Waals surface area contributed by atoms with E-state index in [1.807, 2.05) is 23.1 Å². The molecule has 2 N–H and O–H groups in total. The Labute approximate surface area is 93.8 Å². The maximum absolute atomic E-state index is 10.8.